The topological polar surface area (TPSA) is 58.4 Å². The van der Waals surface area contributed by atoms with Crippen molar-refractivity contribution >= 4 is 18.1 Å². The highest BCUT2D eigenvalue weighted by molar-refractivity contribution is 5.85. The van der Waals surface area contributed by atoms with Crippen LogP contribution in [0.3, 0.4) is 0 Å². The van der Waals surface area contributed by atoms with E-state index in [1.54, 1.807) is 12.1 Å². The SMILES string of the molecule is CC1CN(Cc2ccc([N+](=O)[O-])cc2)CCN1.Cl. The number of rotatable bonds is 3. The summed E-state index contributed by atoms with van der Waals surface area (Å²) in [6.45, 7) is 6.10. The van der Waals surface area contributed by atoms with Crippen molar-refractivity contribution in [3.8, 4) is 0 Å². The Labute approximate surface area is 113 Å². The van der Waals surface area contributed by atoms with E-state index in [0.29, 0.717) is 6.04 Å². The lowest BCUT2D eigenvalue weighted by Gasteiger charge is -2.31. The Hall–Kier alpha value is -1.17. The van der Waals surface area contributed by atoms with E-state index in [1.165, 1.54) is 0 Å². The maximum atomic E-state index is 10.5. The fourth-order valence-electron chi connectivity index (χ4n) is 2.14. The van der Waals surface area contributed by atoms with E-state index >= 15 is 0 Å². The third-order valence-corrected chi connectivity index (χ3v) is 3.01. The maximum absolute atomic E-state index is 10.5. The molecule has 1 aromatic carbocycles. The average molecular weight is 272 g/mol. The van der Waals surface area contributed by atoms with Crippen LogP contribution in [-0.2, 0) is 6.54 Å². The number of benzene rings is 1. The van der Waals surface area contributed by atoms with E-state index in [-0.39, 0.29) is 23.0 Å². The molecule has 1 unspecified atom stereocenters. The van der Waals surface area contributed by atoms with Crippen LogP contribution in [0.4, 0.5) is 5.69 Å². The van der Waals surface area contributed by atoms with E-state index in [1.807, 2.05) is 12.1 Å². The molecule has 100 valence electrons. The fourth-order valence-corrected chi connectivity index (χ4v) is 2.14. The van der Waals surface area contributed by atoms with E-state index in [0.717, 1.165) is 31.7 Å². The first-order valence-corrected chi connectivity index (χ1v) is 5.84. The molecule has 0 aromatic heterocycles. The molecule has 2 rings (SSSR count). The number of nitro benzene ring substituents is 1. The summed E-state index contributed by atoms with van der Waals surface area (Å²) in [6, 6.07) is 7.33. The zero-order valence-corrected chi connectivity index (χ0v) is 11.2. The second-order valence-electron chi connectivity index (χ2n) is 4.51. The van der Waals surface area contributed by atoms with Crippen LogP contribution in [0.2, 0.25) is 0 Å². The molecule has 0 spiro atoms. The molecule has 1 aliphatic rings. The van der Waals surface area contributed by atoms with Gasteiger partial charge in [-0.05, 0) is 12.5 Å². The first-order valence-electron chi connectivity index (χ1n) is 5.84. The van der Waals surface area contributed by atoms with Crippen LogP contribution in [0.15, 0.2) is 24.3 Å². The van der Waals surface area contributed by atoms with Gasteiger partial charge in [-0.15, -0.1) is 12.4 Å². The van der Waals surface area contributed by atoms with Crippen molar-refractivity contribution in [2.75, 3.05) is 19.6 Å². The molecule has 0 aliphatic carbocycles. The number of piperazine rings is 1. The van der Waals surface area contributed by atoms with Gasteiger partial charge in [0.1, 0.15) is 0 Å². The predicted octanol–water partition coefficient (Wildman–Crippen LogP) is 1.81. The Balaban J connectivity index is 0.00000162. The summed E-state index contributed by atoms with van der Waals surface area (Å²) < 4.78 is 0. The normalized spacial score (nSPS) is 20.2. The zero-order chi connectivity index (χ0) is 12.3. The molecule has 1 fully saturated rings. The summed E-state index contributed by atoms with van der Waals surface area (Å²) >= 11 is 0. The second-order valence-corrected chi connectivity index (χ2v) is 4.51. The number of nitro groups is 1. The van der Waals surface area contributed by atoms with Crippen molar-refractivity contribution in [2.45, 2.75) is 19.5 Å². The highest BCUT2D eigenvalue weighted by Gasteiger charge is 2.15. The van der Waals surface area contributed by atoms with Crippen LogP contribution in [0.25, 0.3) is 0 Å². The lowest BCUT2D eigenvalue weighted by molar-refractivity contribution is -0.384. The van der Waals surface area contributed by atoms with Crippen molar-refractivity contribution in [1.29, 1.82) is 0 Å². The van der Waals surface area contributed by atoms with Crippen LogP contribution in [0, 0.1) is 10.1 Å². The third kappa shape index (κ3) is 3.94. The van der Waals surface area contributed by atoms with E-state index in [4.69, 9.17) is 0 Å². The number of nitrogens with one attached hydrogen (secondary N) is 1. The van der Waals surface area contributed by atoms with Gasteiger partial charge in [-0.2, -0.15) is 0 Å². The molecule has 6 heteroatoms. The van der Waals surface area contributed by atoms with Gasteiger partial charge in [0.15, 0.2) is 0 Å². The van der Waals surface area contributed by atoms with Crippen LogP contribution >= 0.6 is 12.4 Å². The van der Waals surface area contributed by atoms with Crippen molar-refractivity contribution in [3.05, 3.63) is 39.9 Å². The standard InChI is InChI=1S/C12H17N3O2.ClH/c1-10-8-14(7-6-13-10)9-11-2-4-12(5-3-11)15(16)17;/h2-5,10,13H,6-9H2,1H3;1H. The van der Waals surface area contributed by atoms with Crippen molar-refractivity contribution in [2.24, 2.45) is 0 Å². The minimum absolute atomic E-state index is 0. The third-order valence-electron chi connectivity index (χ3n) is 3.01. The Morgan fingerprint density at radius 3 is 2.67 bits per heavy atom. The molecular formula is C12H18ClN3O2. The van der Waals surface area contributed by atoms with E-state index < -0.39 is 0 Å². The molecule has 0 radical (unpaired) electrons. The van der Waals surface area contributed by atoms with Gasteiger partial charge in [-0.3, -0.25) is 15.0 Å². The molecule has 18 heavy (non-hydrogen) atoms. The molecule has 5 nitrogen and oxygen atoms in total. The van der Waals surface area contributed by atoms with Gasteiger partial charge in [0.2, 0.25) is 0 Å². The molecule has 1 aliphatic heterocycles. The monoisotopic (exact) mass is 271 g/mol. The lowest BCUT2D eigenvalue weighted by atomic mass is 10.1. The molecule has 1 N–H and O–H groups in total. The summed E-state index contributed by atoms with van der Waals surface area (Å²) in [5.74, 6) is 0. The van der Waals surface area contributed by atoms with Gasteiger partial charge >= 0.3 is 0 Å². The molecule has 0 amide bonds. The van der Waals surface area contributed by atoms with Gasteiger partial charge < -0.3 is 5.32 Å². The quantitative estimate of drug-likeness (QED) is 0.673. The minimum Gasteiger partial charge on any atom is -0.312 e. The molecular weight excluding hydrogens is 254 g/mol. The van der Waals surface area contributed by atoms with Gasteiger partial charge in [0.25, 0.3) is 5.69 Å². The molecule has 1 saturated heterocycles. The molecule has 1 heterocycles. The van der Waals surface area contributed by atoms with Crippen molar-refractivity contribution < 1.29 is 4.92 Å². The van der Waals surface area contributed by atoms with E-state index in [2.05, 4.69) is 17.1 Å². The average Bonchev–Trinajstić information content (AvgIpc) is 2.29. The van der Waals surface area contributed by atoms with Crippen molar-refractivity contribution in [1.82, 2.24) is 10.2 Å². The van der Waals surface area contributed by atoms with Crippen LogP contribution in [0.1, 0.15) is 12.5 Å². The summed E-state index contributed by atoms with van der Waals surface area (Å²) in [7, 11) is 0. The maximum Gasteiger partial charge on any atom is 0.269 e. The van der Waals surface area contributed by atoms with Crippen LogP contribution < -0.4 is 5.32 Å². The van der Waals surface area contributed by atoms with Gasteiger partial charge in [0.05, 0.1) is 4.92 Å². The Morgan fingerprint density at radius 2 is 2.11 bits per heavy atom. The van der Waals surface area contributed by atoms with Gasteiger partial charge in [-0.25, -0.2) is 0 Å². The summed E-state index contributed by atoms with van der Waals surface area (Å²) in [6.07, 6.45) is 0. The number of hydrogen-bond acceptors (Lipinski definition) is 4. The van der Waals surface area contributed by atoms with Crippen LogP contribution in [0.5, 0.6) is 0 Å². The Kier molecular flexibility index (Phi) is 5.53. The zero-order valence-electron chi connectivity index (χ0n) is 10.3. The number of non-ortho nitro benzene ring substituents is 1. The largest absolute Gasteiger partial charge is 0.312 e. The first kappa shape index (κ1) is 14.9. The van der Waals surface area contributed by atoms with Gasteiger partial charge in [0, 0.05) is 44.4 Å². The Morgan fingerprint density at radius 1 is 1.44 bits per heavy atom. The fraction of sp³-hybridized carbons (Fsp3) is 0.500. The Bertz CT molecular complexity index is 397. The summed E-state index contributed by atoms with van der Waals surface area (Å²) in [4.78, 5) is 12.5. The molecule has 1 aromatic rings. The highest BCUT2D eigenvalue weighted by Crippen LogP contribution is 2.14. The number of halogens is 1. The predicted molar refractivity (Wildman–Crippen MR) is 73.1 cm³/mol. The van der Waals surface area contributed by atoms with Crippen LogP contribution in [-0.4, -0.2) is 35.5 Å². The highest BCUT2D eigenvalue weighted by atomic mass is 35.5. The number of nitrogens with zero attached hydrogens (tertiary/aromatic N) is 2. The summed E-state index contributed by atoms with van der Waals surface area (Å²) in [5, 5.41) is 13.9. The smallest absolute Gasteiger partial charge is 0.269 e. The molecule has 1 atom stereocenters. The molecule has 0 bridgehead atoms. The summed E-state index contributed by atoms with van der Waals surface area (Å²) in [5.41, 5.74) is 1.28. The van der Waals surface area contributed by atoms with E-state index in [9.17, 15) is 10.1 Å². The van der Waals surface area contributed by atoms with Crippen molar-refractivity contribution in [3.63, 3.8) is 0 Å². The second kappa shape index (κ2) is 6.68. The lowest BCUT2D eigenvalue weighted by Crippen LogP contribution is -2.48. The number of hydrogen-bond donors (Lipinski definition) is 1. The molecule has 0 saturated carbocycles. The van der Waals surface area contributed by atoms with Gasteiger partial charge in [-0.1, -0.05) is 12.1 Å². The first-order chi connectivity index (χ1) is 8.15. The minimum atomic E-state index is -0.364.